The van der Waals surface area contributed by atoms with Gasteiger partial charge in [-0.15, -0.1) is 11.8 Å². The van der Waals surface area contributed by atoms with Crippen LogP contribution in [-0.4, -0.2) is 50.7 Å². The van der Waals surface area contributed by atoms with Gasteiger partial charge in [0, 0.05) is 32.5 Å². The van der Waals surface area contributed by atoms with E-state index >= 15 is 0 Å². The van der Waals surface area contributed by atoms with Crippen LogP contribution in [0.2, 0.25) is 0 Å². The van der Waals surface area contributed by atoms with Gasteiger partial charge in [0.1, 0.15) is 6.61 Å². The minimum absolute atomic E-state index is 0.0234. The molecule has 0 aromatic heterocycles. The van der Waals surface area contributed by atoms with Gasteiger partial charge in [-0.3, -0.25) is 0 Å². The molecule has 5 heteroatoms. The Bertz CT molecular complexity index is 389. The molecule has 0 aromatic carbocycles. The molecule has 2 aliphatic heterocycles. The van der Waals surface area contributed by atoms with Crippen molar-refractivity contribution in [3.63, 3.8) is 0 Å². The summed E-state index contributed by atoms with van der Waals surface area (Å²) in [5.74, 6) is 11.4. The Hall–Kier alpha value is -1.08. The lowest BCUT2D eigenvalue weighted by Gasteiger charge is -2.22. The monoisotopic (exact) mass is 366 g/mol. The summed E-state index contributed by atoms with van der Waals surface area (Å²) in [6.07, 6.45) is 9.21. The fourth-order valence-electron chi connectivity index (χ4n) is 2.53. The van der Waals surface area contributed by atoms with Crippen LogP contribution < -0.4 is 0 Å². The highest BCUT2D eigenvalue weighted by molar-refractivity contribution is 4.98. The molecule has 2 heterocycles. The summed E-state index contributed by atoms with van der Waals surface area (Å²) in [7, 11) is 0. The molecule has 2 rings (SSSR count). The molecule has 2 saturated heterocycles. The van der Waals surface area contributed by atoms with Gasteiger partial charge in [-0.1, -0.05) is 18.8 Å². The van der Waals surface area contributed by atoms with Crippen LogP contribution >= 0.6 is 0 Å². The standard InChI is InChI=1S/C11H18O2.C10H16O3/c1-2-3-4-6-9-12-11-8-5-7-10-13-11;11-7-3-1-4-8-12-10-6-2-5-9-13-10/h11H,2,5-10H2,1H3;10-11H,2,4-9H2. The van der Waals surface area contributed by atoms with Gasteiger partial charge < -0.3 is 24.1 Å². The second-order valence-electron chi connectivity index (χ2n) is 6.05. The van der Waals surface area contributed by atoms with E-state index in [9.17, 15) is 0 Å². The third-order valence-electron chi connectivity index (χ3n) is 3.84. The van der Waals surface area contributed by atoms with E-state index in [1.54, 1.807) is 0 Å². The predicted octanol–water partition coefficient (Wildman–Crippen LogP) is 3.25. The SMILES string of the molecule is CCC#CCCOC1CCCCO1.OCC#CCCOC1CCCCO1. The Balaban J connectivity index is 0.000000260. The summed E-state index contributed by atoms with van der Waals surface area (Å²) in [6, 6.07) is 0. The van der Waals surface area contributed by atoms with E-state index in [1.807, 2.05) is 0 Å². The van der Waals surface area contributed by atoms with Crippen molar-refractivity contribution >= 4 is 0 Å². The topological polar surface area (TPSA) is 57.2 Å². The normalized spacial score (nSPS) is 22.1. The maximum absolute atomic E-state index is 8.38. The largest absolute Gasteiger partial charge is 0.384 e. The van der Waals surface area contributed by atoms with Gasteiger partial charge in [-0.25, -0.2) is 0 Å². The molecule has 5 nitrogen and oxygen atoms in total. The van der Waals surface area contributed by atoms with Crippen molar-refractivity contribution in [2.24, 2.45) is 0 Å². The van der Waals surface area contributed by atoms with Crippen molar-refractivity contribution < 1.29 is 24.1 Å². The minimum atomic E-state index is -0.0695. The Morgan fingerprint density at radius 2 is 1.35 bits per heavy atom. The number of hydrogen-bond donors (Lipinski definition) is 1. The van der Waals surface area contributed by atoms with Crippen LogP contribution in [0, 0.1) is 23.7 Å². The Morgan fingerprint density at radius 3 is 1.77 bits per heavy atom. The zero-order chi connectivity index (χ0) is 18.7. The molecule has 0 spiro atoms. The van der Waals surface area contributed by atoms with Crippen molar-refractivity contribution in [2.75, 3.05) is 33.0 Å². The lowest BCUT2D eigenvalue weighted by atomic mass is 10.2. The van der Waals surface area contributed by atoms with Crippen molar-refractivity contribution in [2.45, 2.75) is 77.3 Å². The first-order valence-corrected chi connectivity index (χ1v) is 9.85. The van der Waals surface area contributed by atoms with Gasteiger partial charge in [0.2, 0.25) is 0 Å². The summed E-state index contributed by atoms with van der Waals surface area (Å²) in [6.45, 7) is 4.95. The highest BCUT2D eigenvalue weighted by Gasteiger charge is 2.13. The van der Waals surface area contributed by atoms with Crippen molar-refractivity contribution in [3.05, 3.63) is 0 Å². The first-order chi connectivity index (χ1) is 12.9. The van der Waals surface area contributed by atoms with Crippen molar-refractivity contribution in [1.29, 1.82) is 0 Å². The highest BCUT2D eigenvalue weighted by Crippen LogP contribution is 2.14. The number of aliphatic hydroxyl groups is 1. The Kier molecular flexibility index (Phi) is 15.3. The molecule has 2 atom stereocenters. The van der Waals surface area contributed by atoms with Gasteiger partial charge in [-0.2, -0.15) is 0 Å². The van der Waals surface area contributed by atoms with Gasteiger partial charge in [0.25, 0.3) is 0 Å². The molecule has 0 amide bonds. The third-order valence-corrected chi connectivity index (χ3v) is 3.84. The maximum atomic E-state index is 8.38. The Morgan fingerprint density at radius 1 is 0.808 bits per heavy atom. The summed E-state index contributed by atoms with van der Waals surface area (Å²) in [5, 5.41) is 8.38. The quantitative estimate of drug-likeness (QED) is 0.578. The zero-order valence-corrected chi connectivity index (χ0v) is 16.1. The van der Waals surface area contributed by atoms with Gasteiger partial charge in [-0.05, 0) is 38.5 Å². The molecule has 0 bridgehead atoms. The average Bonchev–Trinajstić information content (AvgIpc) is 2.70. The first-order valence-electron chi connectivity index (χ1n) is 9.85. The molecule has 0 saturated carbocycles. The van der Waals surface area contributed by atoms with Crippen LogP contribution in [0.5, 0.6) is 0 Å². The number of hydrogen-bond acceptors (Lipinski definition) is 5. The summed E-state index contributed by atoms with van der Waals surface area (Å²) >= 11 is 0. The van der Waals surface area contributed by atoms with Crippen LogP contribution in [0.4, 0.5) is 0 Å². The van der Waals surface area contributed by atoms with Crippen LogP contribution in [-0.2, 0) is 18.9 Å². The molecule has 0 aromatic rings. The fraction of sp³-hybridized carbons (Fsp3) is 0.810. The fourth-order valence-corrected chi connectivity index (χ4v) is 2.53. The van der Waals surface area contributed by atoms with E-state index in [1.165, 1.54) is 19.3 Å². The summed E-state index contributed by atoms with van der Waals surface area (Å²) < 4.78 is 21.7. The lowest BCUT2D eigenvalue weighted by molar-refractivity contribution is -0.161. The van der Waals surface area contributed by atoms with E-state index in [2.05, 4.69) is 30.6 Å². The molecule has 2 fully saturated rings. The second kappa shape index (κ2) is 17.3. The van der Waals surface area contributed by atoms with Crippen LogP contribution in [0.25, 0.3) is 0 Å². The number of ether oxygens (including phenoxy) is 4. The van der Waals surface area contributed by atoms with E-state index < -0.39 is 0 Å². The lowest BCUT2D eigenvalue weighted by Crippen LogP contribution is -2.22. The Labute approximate surface area is 158 Å². The molecule has 2 unspecified atom stereocenters. The third kappa shape index (κ3) is 13.2. The molecule has 2 aliphatic rings. The highest BCUT2D eigenvalue weighted by atomic mass is 16.7. The second-order valence-corrected chi connectivity index (χ2v) is 6.05. The molecule has 148 valence electrons. The van der Waals surface area contributed by atoms with Gasteiger partial charge in [0.05, 0.1) is 13.2 Å². The minimum Gasteiger partial charge on any atom is -0.384 e. The van der Waals surface area contributed by atoms with E-state index in [0.717, 1.165) is 45.3 Å². The van der Waals surface area contributed by atoms with E-state index in [4.69, 9.17) is 24.1 Å². The molecule has 1 N–H and O–H groups in total. The molecule has 0 radical (unpaired) electrons. The molecular weight excluding hydrogens is 332 g/mol. The maximum Gasteiger partial charge on any atom is 0.157 e. The van der Waals surface area contributed by atoms with Crippen LogP contribution in [0.3, 0.4) is 0 Å². The van der Waals surface area contributed by atoms with Crippen molar-refractivity contribution in [3.8, 4) is 23.7 Å². The van der Waals surface area contributed by atoms with Crippen molar-refractivity contribution in [1.82, 2.24) is 0 Å². The molecule has 0 aliphatic carbocycles. The van der Waals surface area contributed by atoms with Crippen LogP contribution in [0.1, 0.15) is 64.7 Å². The smallest absolute Gasteiger partial charge is 0.157 e. The van der Waals surface area contributed by atoms with Gasteiger partial charge in [0.15, 0.2) is 12.6 Å². The first kappa shape index (κ1) is 23.0. The summed E-state index contributed by atoms with van der Waals surface area (Å²) in [5.41, 5.74) is 0. The van der Waals surface area contributed by atoms with E-state index in [-0.39, 0.29) is 19.2 Å². The molecular formula is C21H34O5. The van der Waals surface area contributed by atoms with Crippen LogP contribution in [0.15, 0.2) is 0 Å². The number of rotatable bonds is 6. The number of aliphatic hydroxyl groups excluding tert-OH is 1. The predicted molar refractivity (Wildman–Crippen MR) is 101 cm³/mol. The van der Waals surface area contributed by atoms with Gasteiger partial charge >= 0.3 is 0 Å². The molecule has 26 heavy (non-hydrogen) atoms. The summed E-state index contributed by atoms with van der Waals surface area (Å²) in [4.78, 5) is 0. The average molecular weight is 366 g/mol. The zero-order valence-electron chi connectivity index (χ0n) is 16.1. The van der Waals surface area contributed by atoms with E-state index in [0.29, 0.717) is 19.6 Å².